The van der Waals surface area contributed by atoms with Gasteiger partial charge in [-0.25, -0.2) is 4.79 Å². The van der Waals surface area contributed by atoms with Gasteiger partial charge in [0, 0.05) is 19.8 Å². The first kappa shape index (κ1) is 22.3. The third-order valence-corrected chi connectivity index (χ3v) is 10.3. The highest BCUT2D eigenvalue weighted by molar-refractivity contribution is 6.74. The smallest absolute Gasteiger partial charge is 0.350 e. The van der Waals surface area contributed by atoms with Crippen molar-refractivity contribution in [3.8, 4) is 0 Å². The molecule has 27 heavy (non-hydrogen) atoms. The van der Waals surface area contributed by atoms with Crippen LogP contribution in [0.5, 0.6) is 0 Å². The van der Waals surface area contributed by atoms with Gasteiger partial charge in [0.1, 0.15) is 6.10 Å². The number of hydrogen-bond acceptors (Lipinski definition) is 7. The summed E-state index contributed by atoms with van der Waals surface area (Å²) < 4.78 is 29.3. The average molecular weight is 403 g/mol. The van der Waals surface area contributed by atoms with E-state index in [-0.39, 0.29) is 24.0 Å². The molecular weight excluding hydrogens is 368 g/mol. The molecule has 4 atom stereocenters. The maximum Gasteiger partial charge on any atom is 0.350 e. The Labute approximate surface area is 163 Å². The highest BCUT2D eigenvalue weighted by Gasteiger charge is 2.60. The van der Waals surface area contributed by atoms with Crippen LogP contribution in [0.3, 0.4) is 0 Å². The van der Waals surface area contributed by atoms with Crippen LogP contribution in [-0.4, -0.2) is 57.1 Å². The molecule has 0 unspecified atom stereocenters. The molecule has 1 aliphatic carbocycles. The number of esters is 2. The second-order valence-electron chi connectivity index (χ2n) is 9.54. The van der Waals surface area contributed by atoms with Gasteiger partial charge in [-0.3, -0.25) is 4.79 Å². The summed E-state index contributed by atoms with van der Waals surface area (Å²) in [5.74, 6) is -1.93. The lowest BCUT2D eigenvalue weighted by Gasteiger charge is -2.46. The fourth-order valence-electron chi connectivity index (χ4n) is 3.60. The lowest BCUT2D eigenvalue weighted by atomic mass is 9.79. The molecule has 1 saturated heterocycles. The number of hydrogen-bond donors (Lipinski definition) is 0. The molecule has 8 heteroatoms. The molecule has 1 saturated carbocycles. The predicted molar refractivity (Wildman–Crippen MR) is 102 cm³/mol. The van der Waals surface area contributed by atoms with Gasteiger partial charge in [-0.05, 0) is 32.0 Å². The summed E-state index contributed by atoms with van der Waals surface area (Å²) in [5, 5.41) is -0.0235. The molecule has 0 radical (unpaired) electrons. The zero-order chi connectivity index (χ0) is 20.8. The first-order chi connectivity index (χ1) is 12.1. The molecule has 1 heterocycles. The van der Waals surface area contributed by atoms with Crippen molar-refractivity contribution in [2.75, 3.05) is 7.11 Å². The van der Waals surface area contributed by atoms with Crippen LogP contribution in [0.4, 0.5) is 0 Å². The molecule has 156 valence electrons. The molecule has 0 aromatic rings. The van der Waals surface area contributed by atoms with E-state index in [1.165, 1.54) is 14.0 Å². The van der Waals surface area contributed by atoms with Gasteiger partial charge in [0.25, 0.3) is 0 Å². The van der Waals surface area contributed by atoms with Gasteiger partial charge in [0.15, 0.2) is 14.1 Å². The second-order valence-corrected chi connectivity index (χ2v) is 14.3. The third-order valence-electron chi connectivity index (χ3n) is 5.80. The van der Waals surface area contributed by atoms with Crippen molar-refractivity contribution in [2.45, 2.75) is 102 Å². The third kappa shape index (κ3) is 4.55. The van der Waals surface area contributed by atoms with Gasteiger partial charge in [-0.1, -0.05) is 20.8 Å². The van der Waals surface area contributed by atoms with E-state index in [1.807, 2.05) is 13.8 Å². The highest BCUT2D eigenvalue weighted by atomic mass is 28.4. The van der Waals surface area contributed by atoms with E-state index in [0.717, 1.165) is 0 Å². The normalized spacial score (nSPS) is 33.3. The molecule has 2 fully saturated rings. The van der Waals surface area contributed by atoms with E-state index in [1.54, 1.807) is 0 Å². The minimum absolute atomic E-state index is 0.0235. The standard InChI is InChI=1S/C19H34O7Si/c1-12(20)23-19(16(21)22-7)10-13-15(25-18(5,6)24-13)14(11-19)26-27(8,9)17(2,3)4/h13-15H,10-11H2,1-9H3/t13-,14-,15-,19+/m1/s1. The van der Waals surface area contributed by atoms with Crippen molar-refractivity contribution in [3.05, 3.63) is 0 Å². The summed E-state index contributed by atoms with van der Waals surface area (Å²) in [5.41, 5.74) is -1.43. The molecular formula is C19H34O7Si. The van der Waals surface area contributed by atoms with E-state index in [0.29, 0.717) is 0 Å². The van der Waals surface area contributed by atoms with Crippen LogP contribution in [-0.2, 0) is 33.0 Å². The zero-order valence-corrected chi connectivity index (χ0v) is 19.0. The van der Waals surface area contributed by atoms with Crippen molar-refractivity contribution >= 4 is 20.3 Å². The molecule has 0 bridgehead atoms. The minimum Gasteiger partial charge on any atom is -0.466 e. The predicted octanol–water partition coefficient (Wildman–Crippen LogP) is 3.17. The Morgan fingerprint density at radius 3 is 2.19 bits per heavy atom. The summed E-state index contributed by atoms with van der Waals surface area (Å²) in [6.45, 7) is 15.7. The fraction of sp³-hybridized carbons (Fsp3) is 0.895. The lowest BCUT2D eigenvalue weighted by molar-refractivity contribution is -0.195. The topological polar surface area (TPSA) is 80.3 Å². The number of methoxy groups -OCH3 is 1. The molecule has 7 nitrogen and oxygen atoms in total. The van der Waals surface area contributed by atoms with Crippen molar-refractivity contribution < 1.29 is 33.0 Å². The van der Waals surface area contributed by atoms with Crippen LogP contribution in [0, 0.1) is 0 Å². The Bertz CT molecular complexity index is 595. The Morgan fingerprint density at radius 2 is 1.70 bits per heavy atom. The van der Waals surface area contributed by atoms with Crippen LogP contribution >= 0.6 is 0 Å². The monoisotopic (exact) mass is 402 g/mol. The summed E-state index contributed by atoms with van der Waals surface area (Å²) in [4.78, 5) is 24.4. The summed E-state index contributed by atoms with van der Waals surface area (Å²) in [6.07, 6.45) is -0.828. The lowest BCUT2D eigenvalue weighted by Crippen LogP contribution is -2.60. The summed E-state index contributed by atoms with van der Waals surface area (Å²) in [6, 6.07) is 0. The largest absolute Gasteiger partial charge is 0.466 e. The van der Waals surface area contributed by atoms with Gasteiger partial charge in [-0.2, -0.15) is 0 Å². The van der Waals surface area contributed by atoms with Crippen LogP contribution in [0.25, 0.3) is 0 Å². The number of fused-ring (bicyclic) bond motifs is 1. The van der Waals surface area contributed by atoms with Crippen LogP contribution in [0.2, 0.25) is 18.1 Å². The van der Waals surface area contributed by atoms with Crippen molar-refractivity contribution in [1.82, 2.24) is 0 Å². The SMILES string of the molecule is COC(=O)[C@]1(OC(C)=O)C[C@H]2OC(C)(C)O[C@H]2[C@H](O[Si](C)(C)C(C)(C)C)C1. The molecule has 0 aromatic carbocycles. The average Bonchev–Trinajstić information content (AvgIpc) is 2.78. The first-order valence-electron chi connectivity index (χ1n) is 9.44. The maximum atomic E-state index is 12.6. The molecule has 0 aromatic heterocycles. The van der Waals surface area contributed by atoms with E-state index in [4.69, 9.17) is 23.4 Å². The molecule has 2 rings (SSSR count). The minimum atomic E-state index is -2.17. The molecule has 1 aliphatic heterocycles. The first-order valence-corrected chi connectivity index (χ1v) is 12.3. The summed E-state index contributed by atoms with van der Waals surface area (Å²) >= 11 is 0. The second kappa shape index (κ2) is 7.13. The van der Waals surface area contributed by atoms with Gasteiger partial charge < -0.3 is 23.4 Å². The molecule has 2 aliphatic rings. The van der Waals surface area contributed by atoms with Gasteiger partial charge >= 0.3 is 11.9 Å². The molecule has 0 amide bonds. The quantitative estimate of drug-likeness (QED) is 0.528. The van der Waals surface area contributed by atoms with Crippen LogP contribution < -0.4 is 0 Å². The van der Waals surface area contributed by atoms with Crippen molar-refractivity contribution in [1.29, 1.82) is 0 Å². The fourth-order valence-corrected chi connectivity index (χ4v) is 4.93. The van der Waals surface area contributed by atoms with Crippen molar-refractivity contribution in [2.24, 2.45) is 0 Å². The number of ether oxygens (including phenoxy) is 4. The summed E-state index contributed by atoms with van der Waals surface area (Å²) in [7, 11) is -0.883. The molecule has 0 spiro atoms. The number of carbonyl (C=O) groups is 2. The van der Waals surface area contributed by atoms with E-state index in [2.05, 4.69) is 33.9 Å². The van der Waals surface area contributed by atoms with Gasteiger partial charge in [0.05, 0.1) is 19.3 Å². The maximum absolute atomic E-state index is 12.6. The Hall–Kier alpha value is -0.963. The Morgan fingerprint density at radius 1 is 1.11 bits per heavy atom. The highest BCUT2D eigenvalue weighted by Crippen LogP contribution is 2.47. The Balaban J connectivity index is 2.42. The van der Waals surface area contributed by atoms with Crippen LogP contribution in [0.15, 0.2) is 0 Å². The van der Waals surface area contributed by atoms with Crippen LogP contribution in [0.1, 0.15) is 54.4 Å². The zero-order valence-electron chi connectivity index (χ0n) is 18.0. The number of rotatable bonds is 4. The van der Waals surface area contributed by atoms with E-state index < -0.39 is 43.9 Å². The van der Waals surface area contributed by atoms with Crippen molar-refractivity contribution in [3.63, 3.8) is 0 Å². The number of carbonyl (C=O) groups excluding carboxylic acids is 2. The van der Waals surface area contributed by atoms with E-state index >= 15 is 0 Å². The van der Waals surface area contributed by atoms with E-state index in [9.17, 15) is 9.59 Å². The van der Waals surface area contributed by atoms with Gasteiger partial charge in [0.2, 0.25) is 5.60 Å². The molecule has 0 N–H and O–H groups in total. The Kier molecular flexibility index (Phi) is 5.90. The van der Waals surface area contributed by atoms with Gasteiger partial charge in [-0.15, -0.1) is 0 Å².